The molecule has 1 unspecified atom stereocenters. The molecular formula is C6H14N2O5S. The van der Waals surface area contributed by atoms with Crippen LogP contribution < -0.4 is 9.44 Å². The number of aliphatic hydroxyl groups is 1. The Morgan fingerprint density at radius 3 is 2.43 bits per heavy atom. The standard InChI is InChI=1S/C6H14N2O5S/c1-2-7-14(12,13)8-5(3-4-9)6(10)11/h5,7-9H,2-4H2,1H3,(H,10,11). The molecule has 0 saturated carbocycles. The van der Waals surface area contributed by atoms with Crippen molar-refractivity contribution in [3.05, 3.63) is 0 Å². The van der Waals surface area contributed by atoms with Crippen LogP contribution in [0.15, 0.2) is 0 Å². The van der Waals surface area contributed by atoms with Crippen molar-refractivity contribution in [3.8, 4) is 0 Å². The van der Waals surface area contributed by atoms with E-state index in [0.717, 1.165) is 0 Å². The lowest BCUT2D eigenvalue weighted by atomic mass is 10.2. The van der Waals surface area contributed by atoms with Gasteiger partial charge in [-0.2, -0.15) is 13.1 Å². The molecule has 84 valence electrons. The van der Waals surface area contributed by atoms with E-state index in [1.165, 1.54) is 0 Å². The Morgan fingerprint density at radius 2 is 2.07 bits per heavy atom. The minimum atomic E-state index is -3.79. The van der Waals surface area contributed by atoms with Gasteiger partial charge in [0.05, 0.1) is 0 Å². The fraction of sp³-hybridized carbons (Fsp3) is 0.833. The second-order valence-electron chi connectivity index (χ2n) is 2.52. The van der Waals surface area contributed by atoms with E-state index in [9.17, 15) is 13.2 Å². The fourth-order valence-corrected chi connectivity index (χ4v) is 1.84. The average molecular weight is 226 g/mol. The van der Waals surface area contributed by atoms with Gasteiger partial charge in [0.25, 0.3) is 10.2 Å². The largest absolute Gasteiger partial charge is 0.480 e. The first-order valence-corrected chi connectivity index (χ1v) is 5.51. The molecule has 0 bridgehead atoms. The maximum absolute atomic E-state index is 11.1. The molecule has 0 heterocycles. The summed E-state index contributed by atoms with van der Waals surface area (Å²) in [4.78, 5) is 10.5. The molecule has 0 rings (SSSR count). The number of aliphatic carboxylic acids is 1. The van der Waals surface area contributed by atoms with Crippen molar-refractivity contribution in [3.63, 3.8) is 0 Å². The van der Waals surface area contributed by atoms with Crippen LogP contribution in [-0.2, 0) is 15.0 Å². The van der Waals surface area contributed by atoms with E-state index in [1.807, 2.05) is 4.72 Å². The number of nitrogens with one attached hydrogen (secondary N) is 2. The predicted molar refractivity (Wildman–Crippen MR) is 48.9 cm³/mol. The van der Waals surface area contributed by atoms with E-state index >= 15 is 0 Å². The summed E-state index contributed by atoms with van der Waals surface area (Å²) in [6, 6.07) is -1.30. The summed E-state index contributed by atoms with van der Waals surface area (Å²) in [6.07, 6.45) is -0.167. The van der Waals surface area contributed by atoms with Crippen molar-refractivity contribution in [2.24, 2.45) is 0 Å². The lowest BCUT2D eigenvalue weighted by molar-refractivity contribution is -0.139. The summed E-state index contributed by atoms with van der Waals surface area (Å²) in [6.45, 7) is 1.34. The third-order valence-corrected chi connectivity index (χ3v) is 2.61. The number of hydrogen-bond acceptors (Lipinski definition) is 4. The van der Waals surface area contributed by atoms with Crippen LogP contribution >= 0.6 is 0 Å². The van der Waals surface area contributed by atoms with Crippen LogP contribution in [0, 0.1) is 0 Å². The maximum Gasteiger partial charge on any atom is 0.321 e. The monoisotopic (exact) mass is 226 g/mol. The Labute approximate surface area is 82.3 Å². The molecule has 0 radical (unpaired) electrons. The Kier molecular flexibility index (Phi) is 5.62. The molecule has 4 N–H and O–H groups in total. The summed E-state index contributed by atoms with van der Waals surface area (Å²) >= 11 is 0. The molecule has 0 aliphatic carbocycles. The van der Waals surface area contributed by atoms with Gasteiger partial charge in [0.1, 0.15) is 6.04 Å². The highest BCUT2D eigenvalue weighted by Crippen LogP contribution is 1.93. The molecule has 14 heavy (non-hydrogen) atoms. The second kappa shape index (κ2) is 5.91. The van der Waals surface area contributed by atoms with Gasteiger partial charge in [-0.05, 0) is 6.42 Å². The second-order valence-corrected chi connectivity index (χ2v) is 4.05. The number of carboxylic acids is 1. The lowest BCUT2D eigenvalue weighted by Crippen LogP contribution is -2.46. The summed E-state index contributed by atoms with van der Waals surface area (Å²) in [5, 5.41) is 17.1. The first kappa shape index (κ1) is 13.3. The molecule has 0 saturated heterocycles. The zero-order valence-electron chi connectivity index (χ0n) is 7.73. The van der Waals surface area contributed by atoms with Gasteiger partial charge in [0.15, 0.2) is 0 Å². The highest BCUT2D eigenvalue weighted by atomic mass is 32.2. The zero-order chi connectivity index (χ0) is 11.2. The van der Waals surface area contributed by atoms with Crippen LogP contribution in [0.2, 0.25) is 0 Å². The molecule has 0 spiro atoms. The van der Waals surface area contributed by atoms with Gasteiger partial charge in [0.2, 0.25) is 0 Å². The van der Waals surface area contributed by atoms with Gasteiger partial charge in [-0.3, -0.25) is 4.79 Å². The van der Waals surface area contributed by atoms with Crippen molar-refractivity contribution >= 4 is 16.2 Å². The van der Waals surface area contributed by atoms with Crippen molar-refractivity contribution < 1.29 is 23.4 Å². The first-order valence-electron chi connectivity index (χ1n) is 4.03. The van der Waals surface area contributed by atoms with Crippen LogP contribution in [0.5, 0.6) is 0 Å². The van der Waals surface area contributed by atoms with E-state index in [-0.39, 0.29) is 13.0 Å². The van der Waals surface area contributed by atoms with Gasteiger partial charge in [-0.15, -0.1) is 0 Å². The van der Waals surface area contributed by atoms with Crippen molar-refractivity contribution in [2.75, 3.05) is 13.2 Å². The van der Waals surface area contributed by atoms with Crippen LogP contribution in [-0.4, -0.2) is 43.8 Å². The summed E-state index contributed by atoms with van der Waals surface area (Å²) in [7, 11) is -3.79. The van der Waals surface area contributed by atoms with Crippen LogP contribution in [0.1, 0.15) is 13.3 Å². The summed E-state index contributed by atoms with van der Waals surface area (Å²) in [5.74, 6) is -1.32. The first-order chi connectivity index (χ1) is 6.43. The van der Waals surface area contributed by atoms with Crippen molar-refractivity contribution in [1.82, 2.24) is 9.44 Å². The molecule has 0 amide bonds. The van der Waals surface area contributed by atoms with Gasteiger partial charge in [-0.1, -0.05) is 6.92 Å². The van der Waals surface area contributed by atoms with Crippen LogP contribution in [0.25, 0.3) is 0 Å². The predicted octanol–water partition coefficient (Wildman–Crippen LogP) is -1.73. The Morgan fingerprint density at radius 1 is 1.50 bits per heavy atom. The van der Waals surface area contributed by atoms with Gasteiger partial charge in [-0.25, -0.2) is 4.72 Å². The SMILES string of the molecule is CCNS(=O)(=O)NC(CCO)C(=O)O. The molecule has 0 aromatic heterocycles. The van der Waals surface area contributed by atoms with Gasteiger partial charge >= 0.3 is 5.97 Å². The van der Waals surface area contributed by atoms with Gasteiger partial charge < -0.3 is 10.2 Å². The van der Waals surface area contributed by atoms with Crippen molar-refractivity contribution in [1.29, 1.82) is 0 Å². The normalized spacial score (nSPS) is 13.9. The maximum atomic E-state index is 11.1. The zero-order valence-corrected chi connectivity index (χ0v) is 8.54. The highest BCUT2D eigenvalue weighted by molar-refractivity contribution is 7.87. The molecule has 0 aromatic carbocycles. The van der Waals surface area contributed by atoms with E-state index in [2.05, 4.69) is 4.72 Å². The molecule has 0 aliphatic rings. The quantitative estimate of drug-likeness (QED) is 0.411. The smallest absolute Gasteiger partial charge is 0.321 e. The van der Waals surface area contributed by atoms with E-state index in [4.69, 9.17) is 10.2 Å². The topological polar surface area (TPSA) is 116 Å². The number of hydrogen-bond donors (Lipinski definition) is 4. The molecule has 8 heteroatoms. The Bertz CT molecular complexity index is 276. The van der Waals surface area contributed by atoms with Crippen LogP contribution in [0.3, 0.4) is 0 Å². The Hall–Kier alpha value is -0.700. The van der Waals surface area contributed by atoms with Crippen molar-refractivity contribution in [2.45, 2.75) is 19.4 Å². The fourth-order valence-electron chi connectivity index (χ4n) is 0.781. The molecule has 0 aromatic rings. The van der Waals surface area contributed by atoms with E-state index < -0.39 is 28.8 Å². The number of rotatable bonds is 7. The van der Waals surface area contributed by atoms with E-state index in [0.29, 0.717) is 0 Å². The third kappa shape index (κ3) is 5.12. The summed E-state index contributed by atoms with van der Waals surface area (Å²) in [5.41, 5.74) is 0. The van der Waals surface area contributed by atoms with E-state index in [1.54, 1.807) is 6.92 Å². The molecular weight excluding hydrogens is 212 g/mol. The summed E-state index contributed by atoms with van der Waals surface area (Å²) < 4.78 is 26.1. The Balaban J connectivity index is 4.36. The number of carboxylic acid groups (broad SMARTS) is 1. The number of carbonyl (C=O) groups is 1. The molecule has 1 atom stereocenters. The molecule has 0 fully saturated rings. The molecule has 7 nitrogen and oxygen atoms in total. The van der Waals surface area contributed by atoms with Crippen LogP contribution in [0.4, 0.5) is 0 Å². The number of aliphatic hydroxyl groups excluding tert-OH is 1. The third-order valence-electron chi connectivity index (χ3n) is 1.35. The minimum Gasteiger partial charge on any atom is -0.480 e. The average Bonchev–Trinajstić information content (AvgIpc) is 2.02. The highest BCUT2D eigenvalue weighted by Gasteiger charge is 2.22. The molecule has 0 aliphatic heterocycles. The minimum absolute atomic E-state index is 0.167. The van der Waals surface area contributed by atoms with Gasteiger partial charge in [0, 0.05) is 13.2 Å². The lowest BCUT2D eigenvalue weighted by Gasteiger charge is -2.13.